The second-order valence-corrected chi connectivity index (χ2v) is 6.75. The molecule has 1 aliphatic heterocycles. The number of benzene rings is 1. The summed E-state index contributed by atoms with van der Waals surface area (Å²) in [6.07, 6.45) is 7.02. The number of furan rings is 1. The highest BCUT2D eigenvalue weighted by molar-refractivity contribution is 5.96. The molecule has 1 aromatic carbocycles. The Morgan fingerprint density at radius 1 is 1.00 bits per heavy atom. The monoisotopic (exact) mass is 338 g/mol. The molecule has 1 atom stereocenters. The third-order valence-electron chi connectivity index (χ3n) is 5.13. The molecular weight excluding hydrogens is 316 g/mol. The van der Waals surface area contributed by atoms with Gasteiger partial charge in [-0.05, 0) is 31.4 Å². The van der Waals surface area contributed by atoms with Gasteiger partial charge in [-0.2, -0.15) is 0 Å². The normalized spacial score (nSPS) is 20.9. The lowest BCUT2D eigenvalue weighted by Crippen LogP contribution is -2.52. The molecule has 1 aliphatic carbocycles. The third kappa shape index (κ3) is 3.18. The Hall–Kier alpha value is -2.56. The van der Waals surface area contributed by atoms with E-state index in [1.807, 2.05) is 29.2 Å². The van der Waals surface area contributed by atoms with Gasteiger partial charge in [0.2, 0.25) is 5.91 Å². The molecule has 1 fully saturated rings. The van der Waals surface area contributed by atoms with Crippen molar-refractivity contribution in [2.75, 3.05) is 26.2 Å². The summed E-state index contributed by atoms with van der Waals surface area (Å²) in [5.74, 6) is 0.630. The number of allylic oxidation sites excluding steroid dienone is 2. The topological polar surface area (TPSA) is 53.8 Å². The minimum atomic E-state index is -0.0936. The molecule has 4 rings (SSSR count). The Morgan fingerprint density at radius 3 is 2.48 bits per heavy atom. The van der Waals surface area contributed by atoms with E-state index in [4.69, 9.17) is 4.42 Å². The van der Waals surface area contributed by atoms with E-state index in [-0.39, 0.29) is 17.7 Å². The predicted octanol–water partition coefficient (Wildman–Crippen LogP) is 3.07. The molecule has 0 bridgehead atoms. The van der Waals surface area contributed by atoms with Crippen LogP contribution in [0.4, 0.5) is 0 Å². The Bertz CT molecular complexity index is 782. The fourth-order valence-corrected chi connectivity index (χ4v) is 3.65. The maximum absolute atomic E-state index is 12.7. The lowest BCUT2D eigenvalue weighted by Gasteiger charge is -2.36. The van der Waals surface area contributed by atoms with Crippen molar-refractivity contribution in [1.29, 1.82) is 0 Å². The van der Waals surface area contributed by atoms with Crippen molar-refractivity contribution in [3.8, 4) is 0 Å². The molecule has 2 aliphatic rings. The molecule has 5 nitrogen and oxygen atoms in total. The molecule has 2 aromatic rings. The molecule has 130 valence electrons. The molecule has 0 spiro atoms. The van der Waals surface area contributed by atoms with Crippen LogP contribution in [0.1, 0.15) is 29.8 Å². The van der Waals surface area contributed by atoms with E-state index in [2.05, 4.69) is 12.2 Å². The Balaban J connectivity index is 1.38. The van der Waals surface area contributed by atoms with Crippen LogP contribution in [-0.2, 0) is 4.79 Å². The summed E-state index contributed by atoms with van der Waals surface area (Å²) in [5, 5.41) is 0.935. The highest BCUT2D eigenvalue weighted by Crippen LogP contribution is 2.23. The zero-order valence-corrected chi connectivity index (χ0v) is 14.2. The molecule has 2 amide bonds. The van der Waals surface area contributed by atoms with Crippen LogP contribution < -0.4 is 0 Å². The van der Waals surface area contributed by atoms with Gasteiger partial charge in [-0.3, -0.25) is 9.59 Å². The van der Waals surface area contributed by atoms with E-state index in [9.17, 15) is 9.59 Å². The standard InChI is InChI=1S/C20H22N2O3/c23-19(15-6-2-1-3-7-15)21-10-12-22(13-11-21)20(24)18-14-16-8-4-5-9-17(16)25-18/h1-2,4-5,8-9,14-15H,3,6-7,10-13H2/t15-/m1/s1. The van der Waals surface area contributed by atoms with Gasteiger partial charge in [-0.1, -0.05) is 30.4 Å². The minimum Gasteiger partial charge on any atom is -0.451 e. The van der Waals surface area contributed by atoms with Crippen molar-refractivity contribution in [3.05, 3.63) is 48.2 Å². The summed E-state index contributed by atoms with van der Waals surface area (Å²) in [6.45, 7) is 2.32. The molecule has 25 heavy (non-hydrogen) atoms. The SMILES string of the molecule is O=C(c1cc2ccccc2o1)N1CCN(C(=O)[C@@H]2CC=CCC2)CC1. The minimum absolute atomic E-state index is 0.0936. The molecule has 5 heteroatoms. The van der Waals surface area contributed by atoms with E-state index >= 15 is 0 Å². The average molecular weight is 338 g/mol. The molecule has 0 saturated carbocycles. The van der Waals surface area contributed by atoms with Crippen LogP contribution >= 0.6 is 0 Å². The van der Waals surface area contributed by atoms with Gasteiger partial charge < -0.3 is 14.2 Å². The number of carbonyl (C=O) groups excluding carboxylic acids is 2. The van der Waals surface area contributed by atoms with Crippen molar-refractivity contribution in [2.45, 2.75) is 19.3 Å². The van der Waals surface area contributed by atoms with E-state index in [0.717, 1.165) is 30.2 Å². The molecule has 2 heterocycles. The van der Waals surface area contributed by atoms with Crippen molar-refractivity contribution >= 4 is 22.8 Å². The van der Waals surface area contributed by atoms with Gasteiger partial charge in [0.05, 0.1) is 0 Å². The summed E-state index contributed by atoms with van der Waals surface area (Å²) in [7, 11) is 0. The maximum atomic E-state index is 12.7. The van der Waals surface area contributed by atoms with Gasteiger partial charge in [-0.15, -0.1) is 0 Å². The number of nitrogens with zero attached hydrogens (tertiary/aromatic N) is 2. The van der Waals surface area contributed by atoms with Crippen LogP contribution in [0.15, 0.2) is 46.9 Å². The molecule has 1 aromatic heterocycles. The number of hydrogen-bond donors (Lipinski definition) is 0. The first-order chi connectivity index (χ1) is 12.2. The summed E-state index contributed by atoms with van der Waals surface area (Å²) in [5.41, 5.74) is 0.727. The first-order valence-corrected chi connectivity index (χ1v) is 8.94. The van der Waals surface area contributed by atoms with E-state index in [1.165, 1.54) is 0 Å². The van der Waals surface area contributed by atoms with Gasteiger partial charge >= 0.3 is 0 Å². The number of carbonyl (C=O) groups is 2. The Labute approximate surface area is 146 Å². The van der Waals surface area contributed by atoms with Crippen molar-refractivity contribution in [2.24, 2.45) is 5.92 Å². The fourth-order valence-electron chi connectivity index (χ4n) is 3.65. The van der Waals surface area contributed by atoms with Gasteiger partial charge in [0, 0.05) is 37.5 Å². The second kappa shape index (κ2) is 6.75. The largest absolute Gasteiger partial charge is 0.451 e. The van der Waals surface area contributed by atoms with E-state index < -0.39 is 0 Å². The zero-order valence-electron chi connectivity index (χ0n) is 14.2. The first-order valence-electron chi connectivity index (χ1n) is 8.94. The first kappa shape index (κ1) is 15.9. The van der Waals surface area contributed by atoms with Crippen molar-refractivity contribution in [3.63, 3.8) is 0 Å². The summed E-state index contributed by atoms with van der Waals surface area (Å²) in [6, 6.07) is 9.41. The number of rotatable bonds is 2. The number of amides is 2. The van der Waals surface area contributed by atoms with Gasteiger partial charge in [0.25, 0.3) is 5.91 Å². The molecule has 0 radical (unpaired) electrons. The van der Waals surface area contributed by atoms with Crippen LogP contribution in [0.5, 0.6) is 0 Å². The zero-order chi connectivity index (χ0) is 17.2. The highest BCUT2D eigenvalue weighted by Gasteiger charge is 2.30. The number of piperazine rings is 1. The molecule has 0 unspecified atom stereocenters. The second-order valence-electron chi connectivity index (χ2n) is 6.75. The van der Waals surface area contributed by atoms with Crippen molar-refractivity contribution < 1.29 is 14.0 Å². The van der Waals surface area contributed by atoms with Crippen LogP contribution in [0.25, 0.3) is 11.0 Å². The Kier molecular flexibility index (Phi) is 4.30. The average Bonchev–Trinajstić information content (AvgIpc) is 3.12. The summed E-state index contributed by atoms with van der Waals surface area (Å²) < 4.78 is 5.67. The summed E-state index contributed by atoms with van der Waals surface area (Å²) in [4.78, 5) is 28.9. The van der Waals surface area contributed by atoms with Crippen LogP contribution in [0, 0.1) is 5.92 Å². The van der Waals surface area contributed by atoms with Crippen LogP contribution in [0.3, 0.4) is 0 Å². The van der Waals surface area contributed by atoms with Crippen LogP contribution in [-0.4, -0.2) is 47.8 Å². The van der Waals surface area contributed by atoms with E-state index in [1.54, 1.807) is 11.0 Å². The lowest BCUT2D eigenvalue weighted by atomic mass is 9.93. The quantitative estimate of drug-likeness (QED) is 0.791. The van der Waals surface area contributed by atoms with Crippen molar-refractivity contribution in [1.82, 2.24) is 9.80 Å². The van der Waals surface area contributed by atoms with Gasteiger partial charge in [-0.25, -0.2) is 0 Å². The molecule has 1 saturated heterocycles. The van der Waals surface area contributed by atoms with Gasteiger partial charge in [0.15, 0.2) is 5.76 Å². The summed E-state index contributed by atoms with van der Waals surface area (Å²) >= 11 is 0. The highest BCUT2D eigenvalue weighted by atomic mass is 16.3. The fraction of sp³-hybridized carbons (Fsp3) is 0.400. The molecular formula is C20H22N2O3. The van der Waals surface area contributed by atoms with Gasteiger partial charge in [0.1, 0.15) is 5.58 Å². The number of fused-ring (bicyclic) bond motifs is 1. The number of para-hydroxylation sites is 1. The Morgan fingerprint density at radius 2 is 1.76 bits per heavy atom. The molecule has 0 N–H and O–H groups in total. The lowest BCUT2D eigenvalue weighted by molar-refractivity contribution is -0.137. The predicted molar refractivity (Wildman–Crippen MR) is 95.2 cm³/mol. The maximum Gasteiger partial charge on any atom is 0.289 e. The van der Waals surface area contributed by atoms with E-state index in [0.29, 0.717) is 31.9 Å². The number of hydrogen-bond acceptors (Lipinski definition) is 3. The third-order valence-corrected chi connectivity index (χ3v) is 5.13. The smallest absolute Gasteiger partial charge is 0.289 e. The van der Waals surface area contributed by atoms with Crippen LogP contribution in [0.2, 0.25) is 0 Å².